The van der Waals surface area contributed by atoms with Gasteiger partial charge in [0.2, 0.25) is 0 Å². The van der Waals surface area contributed by atoms with Gasteiger partial charge < -0.3 is 0 Å². The fourth-order valence-corrected chi connectivity index (χ4v) is 8.11. The van der Waals surface area contributed by atoms with E-state index in [0.29, 0.717) is 11.8 Å². The maximum atomic E-state index is 4.21. The molecule has 0 amide bonds. The molecule has 2 bridgehead atoms. The van der Waals surface area contributed by atoms with Crippen molar-refractivity contribution in [1.82, 2.24) is 0 Å². The van der Waals surface area contributed by atoms with E-state index >= 15 is 0 Å². The molecule has 0 aliphatic heterocycles. The second-order valence-electron chi connectivity index (χ2n) is 9.61. The molecule has 0 aromatic heterocycles. The summed E-state index contributed by atoms with van der Waals surface area (Å²) in [5.41, 5.74) is 6.21. The van der Waals surface area contributed by atoms with Crippen LogP contribution >= 0.6 is 0 Å². The minimum atomic E-state index is 0.699. The molecule has 0 radical (unpaired) electrons. The summed E-state index contributed by atoms with van der Waals surface area (Å²) in [5, 5.41) is 3.09. The minimum Gasteiger partial charge on any atom is -0.103 e. The Morgan fingerprint density at radius 2 is 1.27 bits per heavy atom. The second-order valence-corrected chi connectivity index (χ2v) is 9.61. The van der Waals surface area contributed by atoms with Crippen LogP contribution in [0.4, 0.5) is 0 Å². The first-order valence-corrected chi connectivity index (χ1v) is 10.4. The Labute approximate surface area is 157 Å². The molecule has 0 heteroatoms. The number of aryl methyl sites for hydroxylation is 2. The Bertz CT molecular complexity index is 891. The molecule has 26 heavy (non-hydrogen) atoms. The molecule has 0 spiro atoms. The monoisotopic (exact) mass is 340 g/mol. The first kappa shape index (κ1) is 15.3. The van der Waals surface area contributed by atoms with E-state index in [1.165, 1.54) is 29.4 Å². The van der Waals surface area contributed by atoms with Gasteiger partial charge in [0, 0.05) is 0 Å². The molecule has 0 nitrogen and oxygen atoms in total. The van der Waals surface area contributed by atoms with E-state index in [0.717, 1.165) is 35.5 Å². The first-order valence-electron chi connectivity index (χ1n) is 10.4. The molecule has 2 aromatic carbocycles. The summed E-state index contributed by atoms with van der Waals surface area (Å²) in [6.45, 7) is 13.0. The third-order valence-corrected chi connectivity index (χ3v) is 8.54. The number of fused-ring (bicyclic) bond motifs is 10. The van der Waals surface area contributed by atoms with Crippen molar-refractivity contribution in [3.05, 3.63) is 71.8 Å². The molecular weight excluding hydrogens is 312 g/mol. The summed E-state index contributed by atoms with van der Waals surface area (Å²) >= 11 is 0. The standard InChI is InChI=1S/C26H28/c1-5-15-11-16(6-2)24-21-12-20(23(15)24)25-18-9-13(3)7-17-8-14(4)10-19(22(17)18)26(21)25/h5-10,15-16,20-21,23-26H,1-2,11-12H2,3-4H3. The molecule has 0 N–H and O–H groups in total. The van der Waals surface area contributed by atoms with Crippen LogP contribution in [0.25, 0.3) is 10.8 Å². The van der Waals surface area contributed by atoms with Gasteiger partial charge >= 0.3 is 0 Å². The Morgan fingerprint density at radius 3 is 1.73 bits per heavy atom. The van der Waals surface area contributed by atoms with E-state index in [1.54, 1.807) is 16.5 Å². The highest BCUT2D eigenvalue weighted by Crippen LogP contribution is 2.74. The second kappa shape index (κ2) is 4.91. The lowest BCUT2D eigenvalue weighted by Gasteiger charge is -2.38. The van der Waals surface area contributed by atoms with Gasteiger partial charge in [0.05, 0.1) is 0 Å². The molecule has 0 saturated heterocycles. The molecule has 4 aliphatic rings. The molecule has 8 atom stereocenters. The maximum absolute atomic E-state index is 4.21. The smallest absolute Gasteiger partial charge is 0.00523 e. The van der Waals surface area contributed by atoms with Crippen molar-refractivity contribution < 1.29 is 0 Å². The average molecular weight is 341 g/mol. The van der Waals surface area contributed by atoms with E-state index in [4.69, 9.17) is 0 Å². The summed E-state index contributed by atoms with van der Waals surface area (Å²) in [5.74, 6) is 6.29. The molecule has 8 unspecified atom stereocenters. The molecule has 4 aliphatic carbocycles. The number of rotatable bonds is 2. The Balaban J connectivity index is 1.58. The topological polar surface area (TPSA) is 0 Å². The van der Waals surface area contributed by atoms with Gasteiger partial charge in [0.1, 0.15) is 0 Å². The maximum Gasteiger partial charge on any atom is -0.00523 e. The van der Waals surface area contributed by atoms with Crippen molar-refractivity contribution in [1.29, 1.82) is 0 Å². The van der Waals surface area contributed by atoms with E-state index in [1.807, 2.05) is 0 Å². The van der Waals surface area contributed by atoms with Gasteiger partial charge in [-0.1, -0.05) is 47.5 Å². The minimum absolute atomic E-state index is 0.699. The van der Waals surface area contributed by atoms with Crippen LogP contribution in [-0.4, -0.2) is 0 Å². The lowest BCUT2D eigenvalue weighted by atomic mass is 9.65. The highest BCUT2D eigenvalue weighted by Gasteiger charge is 2.65. The predicted octanol–water partition coefficient (Wildman–Crippen LogP) is 6.53. The van der Waals surface area contributed by atoms with Crippen molar-refractivity contribution in [2.45, 2.75) is 38.5 Å². The zero-order valence-electron chi connectivity index (χ0n) is 15.9. The van der Waals surface area contributed by atoms with Crippen LogP contribution < -0.4 is 0 Å². The van der Waals surface area contributed by atoms with Crippen LogP contribution in [0.15, 0.2) is 49.6 Å². The van der Waals surface area contributed by atoms with E-state index in [-0.39, 0.29) is 0 Å². The quantitative estimate of drug-likeness (QED) is 0.545. The van der Waals surface area contributed by atoms with Gasteiger partial charge in [-0.05, 0) is 95.9 Å². The Morgan fingerprint density at radius 1 is 0.769 bits per heavy atom. The zero-order chi connectivity index (χ0) is 17.7. The van der Waals surface area contributed by atoms with Gasteiger partial charge in [0.25, 0.3) is 0 Å². The summed E-state index contributed by atoms with van der Waals surface area (Å²) in [7, 11) is 0. The fourth-order valence-electron chi connectivity index (χ4n) is 8.11. The largest absolute Gasteiger partial charge is 0.103 e. The molecule has 3 saturated carbocycles. The van der Waals surface area contributed by atoms with E-state index in [2.05, 4.69) is 63.4 Å². The highest BCUT2D eigenvalue weighted by molar-refractivity contribution is 5.94. The van der Waals surface area contributed by atoms with Crippen LogP contribution in [-0.2, 0) is 0 Å². The van der Waals surface area contributed by atoms with Gasteiger partial charge in [-0.15, -0.1) is 13.2 Å². The molecule has 2 aromatic rings. The van der Waals surface area contributed by atoms with Gasteiger partial charge in [0.15, 0.2) is 0 Å². The van der Waals surface area contributed by atoms with Crippen molar-refractivity contribution in [3.8, 4) is 0 Å². The SMILES string of the molecule is C=CC1CC(C=C)C2C3CC(C4c5cc(C)cc6cc(C)cc(c56)C34)C12. The number of allylic oxidation sites excluding steroid dienone is 2. The highest BCUT2D eigenvalue weighted by atomic mass is 14.7. The summed E-state index contributed by atoms with van der Waals surface area (Å²) in [6.07, 6.45) is 7.27. The van der Waals surface area contributed by atoms with E-state index < -0.39 is 0 Å². The van der Waals surface area contributed by atoms with Crippen LogP contribution in [0.3, 0.4) is 0 Å². The van der Waals surface area contributed by atoms with Crippen molar-refractivity contribution in [2.24, 2.45) is 35.5 Å². The van der Waals surface area contributed by atoms with Crippen LogP contribution in [0, 0.1) is 49.4 Å². The Kier molecular flexibility index (Phi) is 2.88. The lowest BCUT2D eigenvalue weighted by Crippen LogP contribution is -2.31. The van der Waals surface area contributed by atoms with Crippen LogP contribution in [0.2, 0.25) is 0 Å². The third-order valence-electron chi connectivity index (χ3n) is 8.54. The number of hydrogen-bond acceptors (Lipinski definition) is 0. The fraction of sp³-hybridized carbons (Fsp3) is 0.462. The molecule has 0 heterocycles. The molecular formula is C26H28. The molecule has 132 valence electrons. The van der Waals surface area contributed by atoms with Gasteiger partial charge in [-0.3, -0.25) is 0 Å². The summed E-state index contributed by atoms with van der Waals surface area (Å²) in [4.78, 5) is 0. The molecule has 3 fully saturated rings. The Hall–Kier alpha value is -1.82. The number of hydrogen-bond donors (Lipinski definition) is 0. The van der Waals surface area contributed by atoms with E-state index in [9.17, 15) is 0 Å². The predicted molar refractivity (Wildman–Crippen MR) is 109 cm³/mol. The van der Waals surface area contributed by atoms with Crippen molar-refractivity contribution >= 4 is 10.8 Å². The zero-order valence-corrected chi connectivity index (χ0v) is 15.9. The third kappa shape index (κ3) is 1.63. The normalized spacial score (nSPS) is 41.5. The number of benzene rings is 2. The average Bonchev–Trinajstić information content (AvgIpc) is 3.32. The van der Waals surface area contributed by atoms with Gasteiger partial charge in [-0.2, -0.15) is 0 Å². The first-order chi connectivity index (χ1) is 12.6. The molecule has 6 rings (SSSR count). The van der Waals surface area contributed by atoms with Crippen molar-refractivity contribution in [2.75, 3.05) is 0 Å². The summed E-state index contributed by atoms with van der Waals surface area (Å²) < 4.78 is 0. The summed E-state index contributed by atoms with van der Waals surface area (Å²) in [6, 6.07) is 9.84. The van der Waals surface area contributed by atoms with Crippen LogP contribution in [0.1, 0.15) is 46.9 Å². The van der Waals surface area contributed by atoms with Gasteiger partial charge in [-0.25, -0.2) is 0 Å². The lowest BCUT2D eigenvalue weighted by molar-refractivity contribution is 0.174. The van der Waals surface area contributed by atoms with Crippen molar-refractivity contribution in [3.63, 3.8) is 0 Å². The van der Waals surface area contributed by atoms with Crippen LogP contribution in [0.5, 0.6) is 0 Å².